The summed E-state index contributed by atoms with van der Waals surface area (Å²) in [5, 5.41) is 10.3. The molecule has 12 rings (SSSR count). The Kier molecular flexibility index (Phi) is 4.97. The molecule has 1 aromatic heterocycles. The summed E-state index contributed by atoms with van der Waals surface area (Å²) in [4.78, 5) is 0. The van der Waals surface area contributed by atoms with Crippen molar-refractivity contribution >= 4 is 54.1 Å². The Morgan fingerprint density at radius 3 is 1.34 bits per heavy atom. The molecule has 2 aliphatic rings. The van der Waals surface area contributed by atoms with Gasteiger partial charge in [0.2, 0.25) is 0 Å². The predicted octanol–water partition coefficient (Wildman–Crippen LogP) is 12.6. The largest absolute Gasteiger partial charge is 0.309 e. The van der Waals surface area contributed by atoms with Crippen LogP contribution in [0.4, 0.5) is 0 Å². The molecule has 1 heterocycles. The average Bonchev–Trinajstić information content (AvgIpc) is 3.78. The van der Waals surface area contributed by atoms with Crippen LogP contribution in [0.15, 0.2) is 176 Å². The van der Waals surface area contributed by atoms with Gasteiger partial charge in [-0.05, 0) is 107 Å². The number of hydrogen-bond donors (Lipinski definition) is 0. The van der Waals surface area contributed by atoms with Gasteiger partial charge in [0.15, 0.2) is 0 Å². The van der Waals surface area contributed by atoms with Gasteiger partial charge in [-0.25, -0.2) is 0 Å². The van der Waals surface area contributed by atoms with Crippen LogP contribution in [-0.4, -0.2) is 4.57 Å². The average molecular weight is 632 g/mol. The van der Waals surface area contributed by atoms with Crippen molar-refractivity contribution in [3.63, 3.8) is 0 Å². The van der Waals surface area contributed by atoms with E-state index in [-0.39, 0.29) is 5.41 Å². The zero-order chi connectivity index (χ0) is 32.6. The lowest BCUT2D eigenvalue weighted by molar-refractivity contribution is 0.794. The van der Waals surface area contributed by atoms with Gasteiger partial charge in [0.05, 0.1) is 16.4 Å². The Hall–Kier alpha value is -6.44. The molecule has 0 saturated carbocycles. The Bertz CT molecular complexity index is 3020. The third-order valence-electron chi connectivity index (χ3n) is 11.8. The highest BCUT2D eigenvalue weighted by atomic mass is 15.0. The molecule has 0 radical (unpaired) electrons. The second-order valence-corrected chi connectivity index (χ2v) is 14.0. The maximum Gasteiger partial charge on any atom is 0.0726 e. The SMILES string of the molecule is c1ccc2c(c1)-c1ccccc1C21c2ccccc2-c2cc3c4ccccc4n(-c4ccc5c6ccccc6c6ccccc6c5c4)c3cc21. The van der Waals surface area contributed by atoms with Crippen molar-refractivity contribution in [2.45, 2.75) is 5.41 Å². The van der Waals surface area contributed by atoms with Crippen LogP contribution in [0.2, 0.25) is 0 Å². The van der Waals surface area contributed by atoms with E-state index in [1.807, 2.05) is 0 Å². The summed E-state index contributed by atoms with van der Waals surface area (Å²) in [5.41, 5.74) is 14.1. The number of benzene rings is 9. The molecule has 0 atom stereocenters. The molecular formula is C49H29N. The Balaban J connectivity index is 1.22. The van der Waals surface area contributed by atoms with Crippen molar-refractivity contribution in [3.8, 4) is 27.9 Å². The van der Waals surface area contributed by atoms with E-state index in [1.165, 1.54) is 104 Å². The second-order valence-electron chi connectivity index (χ2n) is 14.0. The molecule has 1 heteroatoms. The minimum absolute atomic E-state index is 0.382. The van der Waals surface area contributed by atoms with E-state index >= 15 is 0 Å². The van der Waals surface area contributed by atoms with Gasteiger partial charge in [0, 0.05) is 16.5 Å². The molecular weight excluding hydrogens is 603 g/mol. The van der Waals surface area contributed by atoms with Gasteiger partial charge in [-0.3, -0.25) is 0 Å². The fourth-order valence-electron chi connectivity index (χ4n) is 9.87. The summed E-state index contributed by atoms with van der Waals surface area (Å²) < 4.78 is 2.51. The summed E-state index contributed by atoms with van der Waals surface area (Å²) in [6.07, 6.45) is 0. The summed E-state index contributed by atoms with van der Waals surface area (Å²) in [5.74, 6) is 0. The monoisotopic (exact) mass is 631 g/mol. The molecule has 2 aliphatic carbocycles. The van der Waals surface area contributed by atoms with E-state index in [2.05, 4.69) is 180 Å². The van der Waals surface area contributed by atoms with E-state index in [9.17, 15) is 0 Å². The van der Waals surface area contributed by atoms with Crippen molar-refractivity contribution in [2.75, 3.05) is 0 Å². The zero-order valence-corrected chi connectivity index (χ0v) is 27.2. The van der Waals surface area contributed by atoms with E-state index in [0.717, 1.165) is 0 Å². The van der Waals surface area contributed by atoms with Crippen molar-refractivity contribution in [3.05, 3.63) is 198 Å². The van der Waals surface area contributed by atoms with E-state index in [0.29, 0.717) is 0 Å². The van der Waals surface area contributed by atoms with Crippen molar-refractivity contribution in [1.29, 1.82) is 0 Å². The first-order chi connectivity index (χ1) is 24.8. The third kappa shape index (κ3) is 3.10. The van der Waals surface area contributed by atoms with Crippen molar-refractivity contribution < 1.29 is 0 Å². The maximum absolute atomic E-state index is 2.53. The summed E-state index contributed by atoms with van der Waals surface area (Å²) in [6, 6.07) is 66.0. The maximum atomic E-state index is 2.53. The van der Waals surface area contributed by atoms with Gasteiger partial charge in [-0.1, -0.05) is 146 Å². The van der Waals surface area contributed by atoms with Gasteiger partial charge in [0.1, 0.15) is 0 Å². The smallest absolute Gasteiger partial charge is 0.0726 e. The van der Waals surface area contributed by atoms with E-state index in [1.54, 1.807) is 0 Å². The lowest BCUT2D eigenvalue weighted by Gasteiger charge is -2.30. The number of nitrogens with zero attached hydrogens (tertiary/aromatic N) is 1. The zero-order valence-electron chi connectivity index (χ0n) is 27.2. The van der Waals surface area contributed by atoms with Gasteiger partial charge < -0.3 is 4.57 Å². The van der Waals surface area contributed by atoms with Crippen LogP contribution in [-0.2, 0) is 5.41 Å². The van der Waals surface area contributed by atoms with Crippen LogP contribution < -0.4 is 0 Å². The first kappa shape index (κ1) is 26.5. The molecule has 10 aromatic rings. The molecule has 50 heavy (non-hydrogen) atoms. The highest BCUT2D eigenvalue weighted by molar-refractivity contribution is 6.25. The van der Waals surface area contributed by atoms with Crippen LogP contribution in [0.3, 0.4) is 0 Å². The van der Waals surface area contributed by atoms with Gasteiger partial charge in [0.25, 0.3) is 0 Å². The van der Waals surface area contributed by atoms with E-state index in [4.69, 9.17) is 0 Å². The molecule has 1 spiro atoms. The number of hydrogen-bond acceptors (Lipinski definition) is 0. The van der Waals surface area contributed by atoms with Crippen LogP contribution in [0, 0.1) is 0 Å². The molecule has 0 fully saturated rings. The number of para-hydroxylation sites is 1. The highest BCUT2D eigenvalue weighted by Gasteiger charge is 2.51. The molecule has 0 unspecified atom stereocenters. The quantitative estimate of drug-likeness (QED) is 0.159. The molecule has 1 nitrogen and oxygen atoms in total. The Morgan fingerprint density at radius 1 is 0.280 bits per heavy atom. The first-order valence-electron chi connectivity index (χ1n) is 17.5. The first-order valence-corrected chi connectivity index (χ1v) is 17.5. The van der Waals surface area contributed by atoms with Crippen LogP contribution >= 0.6 is 0 Å². The Morgan fingerprint density at radius 2 is 0.740 bits per heavy atom. The van der Waals surface area contributed by atoms with Crippen LogP contribution in [0.25, 0.3) is 82.1 Å². The minimum Gasteiger partial charge on any atom is -0.309 e. The number of aromatic nitrogens is 1. The normalized spacial score (nSPS) is 13.8. The number of fused-ring (bicyclic) bond motifs is 19. The van der Waals surface area contributed by atoms with Gasteiger partial charge in [-0.15, -0.1) is 0 Å². The van der Waals surface area contributed by atoms with Crippen LogP contribution in [0.1, 0.15) is 22.3 Å². The fourth-order valence-corrected chi connectivity index (χ4v) is 9.87. The fraction of sp³-hybridized carbons (Fsp3) is 0.0204. The standard InChI is InChI=1S/C49H29N/c1-2-15-33-31(13-1)32-14-3-4-16-34(32)40-27-30(25-26-35(33)40)50-47-24-12-8-20-39(47)42-28-41-38-19-7-11-23-45(38)49(46(41)29-48(42)50)43-21-9-5-17-36(43)37-18-6-10-22-44(37)49/h1-29H. The van der Waals surface area contributed by atoms with Crippen LogP contribution in [0.5, 0.6) is 0 Å². The van der Waals surface area contributed by atoms with Crippen molar-refractivity contribution in [2.24, 2.45) is 0 Å². The molecule has 0 aliphatic heterocycles. The van der Waals surface area contributed by atoms with E-state index < -0.39 is 0 Å². The third-order valence-corrected chi connectivity index (χ3v) is 11.8. The van der Waals surface area contributed by atoms with Gasteiger partial charge in [-0.2, -0.15) is 0 Å². The molecule has 0 bridgehead atoms. The number of rotatable bonds is 1. The summed E-state index contributed by atoms with van der Waals surface area (Å²) in [6.45, 7) is 0. The highest BCUT2D eigenvalue weighted by Crippen LogP contribution is 2.63. The molecule has 230 valence electrons. The molecule has 0 amide bonds. The topological polar surface area (TPSA) is 4.93 Å². The van der Waals surface area contributed by atoms with Gasteiger partial charge >= 0.3 is 0 Å². The predicted molar refractivity (Wildman–Crippen MR) is 210 cm³/mol. The summed E-state index contributed by atoms with van der Waals surface area (Å²) >= 11 is 0. The second kappa shape index (κ2) is 9.37. The molecule has 9 aromatic carbocycles. The summed E-state index contributed by atoms with van der Waals surface area (Å²) in [7, 11) is 0. The minimum atomic E-state index is -0.382. The lowest BCUT2D eigenvalue weighted by Crippen LogP contribution is -2.25. The molecule has 0 saturated heterocycles. The Labute approximate surface area is 289 Å². The van der Waals surface area contributed by atoms with Crippen molar-refractivity contribution in [1.82, 2.24) is 4.57 Å². The molecule has 0 N–H and O–H groups in total. The lowest BCUT2D eigenvalue weighted by atomic mass is 9.70.